The van der Waals surface area contributed by atoms with Crippen molar-refractivity contribution in [3.05, 3.63) is 45.6 Å². The van der Waals surface area contributed by atoms with Gasteiger partial charge in [-0.05, 0) is 31.5 Å². The van der Waals surface area contributed by atoms with Gasteiger partial charge >= 0.3 is 0 Å². The molecule has 9 heteroatoms. The molecule has 2 aliphatic heterocycles. The van der Waals surface area contributed by atoms with Crippen LogP contribution in [0.15, 0.2) is 30.0 Å². The molecule has 2 heterocycles. The first-order valence-electron chi connectivity index (χ1n) is 9.30. The van der Waals surface area contributed by atoms with Crippen LogP contribution < -0.4 is 0 Å². The van der Waals surface area contributed by atoms with Crippen molar-refractivity contribution in [3.63, 3.8) is 0 Å². The SMILES string of the molecule is CC(C)N1C(=O)C(c2ccc([N+](=O)[O-])cc2)=C(N2CCN(CCO)CC2)C1=O. The van der Waals surface area contributed by atoms with Crippen LogP contribution in [0.1, 0.15) is 19.4 Å². The minimum Gasteiger partial charge on any atom is -0.395 e. The van der Waals surface area contributed by atoms with Gasteiger partial charge in [0, 0.05) is 50.9 Å². The van der Waals surface area contributed by atoms with Crippen molar-refractivity contribution in [2.24, 2.45) is 0 Å². The summed E-state index contributed by atoms with van der Waals surface area (Å²) in [5.74, 6) is -0.703. The Morgan fingerprint density at radius 3 is 2.18 bits per heavy atom. The monoisotopic (exact) mass is 388 g/mol. The predicted molar refractivity (Wildman–Crippen MR) is 102 cm³/mol. The van der Waals surface area contributed by atoms with E-state index in [2.05, 4.69) is 4.90 Å². The number of benzene rings is 1. The lowest BCUT2D eigenvalue weighted by molar-refractivity contribution is -0.384. The van der Waals surface area contributed by atoms with Crippen molar-refractivity contribution in [2.45, 2.75) is 19.9 Å². The number of rotatable bonds is 6. The summed E-state index contributed by atoms with van der Waals surface area (Å²) in [5.41, 5.74) is 1.08. The lowest BCUT2D eigenvalue weighted by Gasteiger charge is -2.36. The molecule has 0 saturated carbocycles. The number of carbonyl (C=O) groups excluding carboxylic acids is 2. The number of aliphatic hydroxyl groups excluding tert-OH is 1. The number of piperazine rings is 1. The number of hydrogen-bond acceptors (Lipinski definition) is 7. The average Bonchev–Trinajstić information content (AvgIpc) is 2.93. The first kappa shape index (κ1) is 20.0. The van der Waals surface area contributed by atoms with E-state index in [1.54, 1.807) is 13.8 Å². The second-order valence-corrected chi connectivity index (χ2v) is 7.15. The molecular formula is C19H24N4O5. The van der Waals surface area contributed by atoms with E-state index < -0.39 is 4.92 Å². The van der Waals surface area contributed by atoms with Crippen LogP contribution in [0.4, 0.5) is 5.69 Å². The summed E-state index contributed by atoms with van der Waals surface area (Å²) in [4.78, 5) is 41.8. The first-order valence-corrected chi connectivity index (χ1v) is 9.30. The van der Waals surface area contributed by atoms with Gasteiger partial charge in [-0.25, -0.2) is 0 Å². The van der Waals surface area contributed by atoms with Gasteiger partial charge < -0.3 is 10.0 Å². The zero-order valence-corrected chi connectivity index (χ0v) is 16.0. The number of imide groups is 1. The van der Waals surface area contributed by atoms with Gasteiger partial charge in [-0.15, -0.1) is 0 Å². The topological polar surface area (TPSA) is 107 Å². The molecule has 28 heavy (non-hydrogen) atoms. The molecule has 0 aromatic heterocycles. The second kappa shape index (κ2) is 8.07. The molecule has 1 saturated heterocycles. The fourth-order valence-corrected chi connectivity index (χ4v) is 3.64. The Morgan fingerprint density at radius 1 is 1.07 bits per heavy atom. The third-order valence-corrected chi connectivity index (χ3v) is 5.08. The van der Waals surface area contributed by atoms with Crippen LogP contribution in [-0.4, -0.2) is 81.9 Å². The van der Waals surface area contributed by atoms with Crippen LogP contribution in [-0.2, 0) is 9.59 Å². The minimum absolute atomic E-state index is 0.0685. The van der Waals surface area contributed by atoms with Crippen molar-refractivity contribution in [1.82, 2.24) is 14.7 Å². The molecule has 2 amide bonds. The zero-order chi connectivity index (χ0) is 20.4. The highest BCUT2D eigenvalue weighted by molar-refractivity contribution is 6.35. The molecule has 0 spiro atoms. The van der Waals surface area contributed by atoms with Crippen molar-refractivity contribution < 1.29 is 19.6 Å². The predicted octanol–water partition coefficient (Wildman–Crippen LogP) is 0.693. The van der Waals surface area contributed by atoms with Crippen molar-refractivity contribution in [1.29, 1.82) is 0 Å². The third kappa shape index (κ3) is 3.63. The van der Waals surface area contributed by atoms with Crippen LogP contribution in [0, 0.1) is 10.1 Å². The summed E-state index contributed by atoms with van der Waals surface area (Å²) >= 11 is 0. The number of carbonyl (C=O) groups is 2. The van der Waals surface area contributed by atoms with Crippen molar-refractivity contribution in [2.75, 3.05) is 39.3 Å². The Labute approximate surface area is 163 Å². The Bertz CT molecular complexity index is 810. The molecule has 150 valence electrons. The summed E-state index contributed by atoms with van der Waals surface area (Å²) in [6, 6.07) is 5.43. The maximum absolute atomic E-state index is 13.1. The number of non-ortho nitro benzene ring substituents is 1. The van der Waals surface area contributed by atoms with Gasteiger partial charge in [0.2, 0.25) is 0 Å². The molecule has 1 aromatic rings. The fraction of sp³-hybridized carbons (Fsp3) is 0.474. The van der Waals surface area contributed by atoms with Crippen LogP contribution in [0.5, 0.6) is 0 Å². The van der Waals surface area contributed by atoms with Crippen molar-refractivity contribution >= 4 is 23.1 Å². The molecule has 0 aliphatic carbocycles. The highest BCUT2D eigenvalue weighted by Gasteiger charge is 2.43. The van der Waals surface area contributed by atoms with E-state index >= 15 is 0 Å². The quantitative estimate of drug-likeness (QED) is 0.434. The van der Waals surface area contributed by atoms with E-state index in [-0.39, 0.29) is 30.2 Å². The molecule has 9 nitrogen and oxygen atoms in total. The number of amides is 2. The Morgan fingerprint density at radius 2 is 1.68 bits per heavy atom. The fourth-order valence-electron chi connectivity index (χ4n) is 3.64. The van der Waals surface area contributed by atoms with E-state index in [0.29, 0.717) is 49.6 Å². The smallest absolute Gasteiger partial charge is 0.278 e. The number of β-amino-alcohol motifs (C(OH)–C–C–N with tert-alkyl or cyclic N) is 1. The van der Waals surface area contributed by atoms with Crippen molar-refractivity contribution in [3.8, 4) is 0 Å². The Kier molecular flexibility index (Phi) is 5.76. The lowest BCUT2D eigenvalue weighted by Crippen LogP contribution is -2.48. The molecular weight excluding hydrogens is 364 g/mol. The summed E-state index contributed by atoms with van der Waals surface area (Å²) in [6.07, 6.45) is 0. The number of hydrogen-bond donors (Lipinski definition) is 1. The first-order chi connectivity index (χ1) is 13.3. The number of nitro groups is 1. The molecule has 2 aliphatic rings. The molecule has 3 rings (SSSR count). The maximum atomic E-state index is 13.1. The van der Waals surface area contributed by atoms with Crippen LogP contribution in [0.2, 0.25) is 0 Å². The number of aliphatic hydroxyl groups is 1. The Hall–Kier alpha value is -2.78. The van der Waals surface area contributed by atoms with E-state index in [9.17, 15) is 19.7 Å². The largest absolute Gasteiger partial charge is 0.395 e. The third-order valence-electron chi connectivity index (χ3n) is 5.08. The summed E-state index contributed by atoms with van der Waals surface area (Å²) in [6.45, 7) is 6.72. The average molecular weight is 388 g/mol. The van der Waals surface area contributed by atoms with Crippen LogP contribution >= 0.6 is 0 Å². The molecule has 0 unspecified atom stereocenters. The molecule has 1 N–H and O–H groups in total. The number of nitrogens with zero attached hydrogens (tertiary/aromatic N) is 4. The maximum Gasteiger partial charge on any atom is 0.278 e. The van der Waals surface area contributed by atoms with Crippen LogP contribution in [0.25, 0.3) is 5.57 Å². The number of nitro benzene ring substituents is 1. The van der Waals surface area contributed by atoms with E-state index in [0.717, 1.165) is 0 Å². The van der Waals surface area contributed by atoms with Gasteiger partial charge in [-0.3, -0.25) is 29.5 Å². The molecule has 1 fully saturated rings. The van der Waals surface area contributed by atoms with E-state index in [1.165, 1.54) is 29.2 Å². The second-order valence-electron chi connectivity index (χ2n) is 7.15. The minimum atomic E-state index is -0.499. The summed E-state index contributed by atoms with van der Waals surface area (Å²) in [7, 11) is 0. The van der Waals surface area contributed by atoms with Gasteiger partial charge in [-0.1, -0.05) is 0 Å². The van der Waals surface area contributed by atoms with E-state index in [4.69, 9.17) is 5.11 Å². The Balaban J connectivity index is 1.98. The summed E-state index contributed by atoms with van der Waals surface area (Å²) in [5, 5.41) is 20.0. The molecule has 0 radical (unpaired) electrons. The molecule has 0 atom stereocenters. The van der Waals surface area contributed by atoms with Gasteiger partial charge in [0.1, 0.15) is 5.70 Å². The van der Waals surface area contributed by atoms with E-state index in [1.807, 2.05) is 4.90 Å². The highest BCUT2D eigenvalue weighted by atomic mass is 16.6. The zero-order valence-electron chi connectivity index (χ0n) is 16.0. The van der Waals surface area contributed by atoms with Gasteiger partial charge in [0.15, 0.2) is 0 Å². The molecule has 0 bridgehead atoms. The van der Waals surface area contributed by atoms with Gasteiger partial charge in [0.25, 0.3) is 17.5 Å². The van der Waals surface area contributed by atoms with Gasteiger partial charge in [-0.2, -0.15) is 0 Å². The highest BCUT2D eigenvalue weighted by Crippen LogP contribution is 2.34. The lowest BCUT2D eigenvalue weighted by atomic mass is 10.0. The standard InChI is InChI=1S/C19H24N4O5/c1-13(2)22-18(25)16(14-3-5-15(6-4-14)23(27)28)17(19(22)26)21-9-7-20(8-10-21)11-12-24/h3-6,13,24H,7-12H2,1-2H3. The van der Waals surface area contributed by atoms with Crippen LogP contribution in [0.3, 0.4) is 0 Å². The normalized spacial score (nSPS) is 18.6. The van der Waals surface area contributed by atoms with Gasteiger partial charge in [0.05, 0.1) is 17.1 Å². The summed E-state index contributed by atoms with van der Waals surface area (Å²) < 4.78 is 0. The molecule has 1 aromatic carbocycles.